The Balaban J connectivity index is 1.73. The zero-order valence-corrected chi connectivity index (χ0v) is 13.0. The maximum Gasteiger partial charge on any atom is 0.322 e. The van der Waals surface area contributed by atoms with E-state index in [0.717, 1.165) is 28.5 Å². The molecule has 2 fully saturated rings. The molecule has 1 aliphatic carbocycles. The van der Waals surface area contributed by atoms with Gasteiger partial charge in [-0.25, -0.2) is 9.78 Å². The molecule has 3 rings (SSSR count). The monoisotopic (exact) mass is 309 g/mol. The van der Waals surface area contributed by atoms with Crippen LogP contribution in [0.25, 0.3) is 0 Å². The van der Waals surface area contributed by atoms with Gasteiger partial charge in [0, 0.05) is 13.1 Å². The van der Waals surface area contributed by atoms with Crippen LogP contribution in [0.2, 0.25) is 0 Å². The van der Waals surface area contributed by atoms with E-state index in [1.807, 2.05) is 13.8 Å². The molecule has 0 bridgehead atoms. The number of likely N-dealkylation sites (tertiary alicyclic amines) is 1. The van der Waals surface area contributed by atoms with Gasteiger partial charge in [-0.3, -0.25) is 10.1 Å². The Hall–Kier alpha value is -1.63. The lowest BCUT2D eigenvalue weighted by molar-refractivity contribution is -0.149. The van der Waals surface area contributed by atoms with Crippen molar-refractivity contribution in [2.75, 3.05) is 18.4 Å². The molecule has 6 nitrogen and oxygen atoms in total. The Morgan fingerprint density at radius 3 is 2.81 bits per heavy atom. The Labute approximate surface area is 127 Å². The van der Waals surface area contributed by atoms with Crippen LogP contribution in [0.1, 0.15) is 30.0 Å². The third-order valence-electron chi connectivity index (χ3n) is 4.71. The molecule has 0 spiro atoms. The Bertz CT molecular complexity index is 600. The first-order valence-electron chi connectivity index (χ1n) is 7.16. The molecule has 0 aromatic carbocycles. The smallest absolute Gasteiger partial charge is 0.322 e. The van der Waals surface area contributed by atoms with Gasteiger partial charge in [0.05, 0.1) is 16.1 Å². The number of anilines is 1. The second-order valence-corrected chi connectivity index (χ2v) is 7.21. The highest BCUT2D eigenvalue weighted by Crippen LogP contribution is 2.49. The molecule has 114 valence electrons. The van der Waals surface area contributed by atoms with Crippen molar-refractivity contribution in [2.24, 2.45) is 11.3 Å². The first-order chi connectivity index (χ1) is 9.92. The van der Waals surface area contributed by atoms with E-state index in [9.17, 15) is 14.7 Å². The van der Waals surface area contributed by atoms with Gasteiger partial charge >= 0.3 is 12.0 Å². The molecule has 2 amide bonds. The van der Waals surface area contributed by atoms with Crippen LogP contribution >= 0.6 is 11.3 Å². The van der Waals surface area contributed by atoms with E-state index < -0.39 is 11.4 Å². The average molecular weight is 309 g/mol. The number of rotatable bonds is 2. The summed E-state index contributed by atoms with van der Waals surface area (Å²) in [6.45, 7) is 4.61. The lowest BCUT2D eigenvalue weighted by Gasteiger charge is -2.23. The molecule has 2 atom stereocenters. The average Bonchev–Trinajstić information content (AvgIpc) is 3.02. The molecular weight excluding hydrogens is 290 g/mol. The van der Waals surface area contributed by atoms with Gasteiger partial charge in [0.1, 0.15) is 5.00 Å². The Kier molecular flexibility index (Phi) is 3.39. The Morgan fingerprint density at radius 1 is 1.48 bits per heavy atom. The largest absolute Gasteiger partial charge is 0.481 e. The van der Waals surface area contributed by atoms with Crippen molar-refractivity contribution in [2.45, 2.75) is 33.1 Å². The fourth-order valence-electron chi connectivity index (χ4n) is 3.62. The van der Waals surface area contributed by atoms with Crippen molar-refractivity contribution in [3.8, 4) is 0 Å². The number of thiazole rings is 1. The van der Waals surface area contributed by atoms with Gasteiger partial charge in [0.15, 0.2) is 0 Å². The maximum atomic E-state index is 12.4. The molecule has 1 aliphatic heterocycles. The minimum Gasteiger partial charge on any atom is -0.481 e. The van der Waals surface area contributed by atoms with Gasteiger partial charge < -0.3 is 10.0 Å². The van der Waals surface area contributed by atoms with Crippen molar-refractivity contribution >= 4 is 28.3 Å². The SMILES string of the molecule is Cc1nc(C)c(NC(=O)N2C[C@@H]3CCC[C@@]3(C(=O)O)C2)s1. The highest BCUT2D eigenvalue weighted by Gasteiger charge is 2.55. The predicted octanol–water partition coefficient (Wildman–Crippen LogP) is 2.48. The molecule has 7 heteroatoms. The van der Waals surface area contributed by atoms with Gasteiger partial charge in [-0.15, -0.1) is 11.3 Å². The minimum absolute atomic E-state index is 0.0880. The summed E-state index contributed by atoms with van der Waals surface area (Å²) in [4.78, 5) is 29.9. The van der Waals surface area contributed by atoms with Crippen LogP contribution in [-0.4, -0.2) is 40.1 Å². The van der Waals surface area contributed by atoms with Crippen LogP contribution in [0, 0.1) is 25.2 Å². The minimum atomic E-state index is -0.759. The van der Waals surface area contributed by atoms with Crippen LogP contribution in [0.4, 0.5) is 9.80 Å². The molecule has 21 heavy (non-hydrogen) atoms. The highest BCUT2D eigenvalue weighted by atomic mass is 32.1. The standard InChI is InChI=1S/C14H19N3O3S/c1-8-11(21-9(2)15-8)16-13(20)17-6-10-4-3-5-14(10,7-17)12(18)19/h10H,3-7H2,1-2H3,(H,16,20)(H,18,19)/t10-,14+/m0/s1. The summed E-state index contributed by atoms with van der Waals surface area (Å²) < 4.78 is 0. The first-order valence-corrected chi connectivity index (χ1v) is 7.97. The quantitative estimate of drug-likeness (QED) is 0.879. The van der Waals surface area contributed by atoms with Gasteiger partial charge in [-0.1, -0.05) is 6.42 Å². The summed E-state index contributed by atoms with van der Waals surface area (Å²) >= 11 is 1.44. The lowest BCUT2D eigenvalue weighted by Crippen LogP contribution is -2.38. The van der Waals surface area contributed by atoms with Crippen molar-refractivity contribution in [1.29, 1.82) is 0 Å². The van der Waals surface area contributed by atoms with Crippen molar-refractivity contribution < 1.29 is 14.7 Å². The number of carbonyl (C=O) groups excluding carboxylic acids is 1. The van der Waals surface area contributed by atoms with Crippen LogP contribution in [0.3, 0.4) is 0 Å². The van der Waals surface area contributed by atoms with Gasteiger partial charge in [-0.2, -0.15) is 0 Å². The number of carboxylic acids is 1. The van der Waals surface area contributed by atoms with E-state index in [-0.39, 0.29) is 11.9 Å². The van der Waals surface area contributed by atoms with E-state index in [1.165, 1.54) is 11.3 Å². The molecule has 2 N–H and O–H groups in total. The first kappa shape index (κ1) is 14.3. The van der Waals surface area contributed by atoms with E-state index in [1.54, 1.807) is 4.90 Å². The number of hydrogen-bond acceptors (Lipinski definition) is 4. The number of nitrogens with one attached hydrogen (secondary N) is 1. The fourth-order valence-corrected chi connectivity index (χ4v) is 4.43. The third-order valence-corrected chi connectivity index (χ3v) is 5.70. The number of carboxylic acid groups (broad SMARTS) is 1. The number of aryl methyl sites for hydroxylation is 2. The molecule has 1 aromatic heterocycles. The number of fused-ring (bicyclic) bond motifs is 1. The zero-order chi connectivity index (χ0) is 15.2. The van der Waals surface area contributed by atoms with Crippen molar-refractivity contribution in [3.05, 3.63) is 10.7 Å². The summed E-state index contributed by atoms with van der Waals surface area (Å²) in [5.74, 6) is -0.671. The van der Waals surface area contributed by atoms with Crippen molar-refractivity contribution in [1.82, 2.24) is 9.88 Å². The second kappa shape index (κ2) is 4.98. The topological polar surface area (TPSA) is 82.5 Å². The second-order valence-electron chi connectivity index (χ2n) is 6.01. The normalized spacial score (nSPS) is 27.7. The van der Waals surface area contributed by atoms with Crippen molar-refractivity contribution in [3.63, 3.8) is 0 Å². The van der Waals surface area contributed by atoms with Crippen LogP contribution in [0.5, 0.6) is 0 Å². The fraction of sp³-hybridized carbons (Fsp3) is 0.643. The zero-order valence-electron chi connectivity index (χ0n) is 12.2. The van der Waals surface area contributed by atoms with Gasteiger partial charge in [0.25, 0.3) is 0 Å². The number of aliphatic carboxylic acids is 1. The number of aromatic nitrogens is 1. The number of hydrogen-bond donors (Lipinski definition) is 2. The predicted molar refractivity (Wildman–Crippen MR) is 79.6 cm³/mol. The van der Waals surface area contributed by atoms with Gasteiger partial charge in [0.2, 0.25) is 0 Å². The lowest BCUT2D eigenvalue weighted by atomic mass is 9.81. The summed E-state index contributed by atoms with van der Waals surface area (Å²) in [5, 5.41) is 14.1. The van der Waals surface area contributed by atoms with Crippen LogP contribution < -0.4 is 5.32 Å². The molecule has 2 aliphatic rings. The van der Waals surface area contributed by atoms with E-state index in [4.69, 9.17) is 0 Å². The molecular formula is C14H19N3O3S. The molecule has 1 saturated heterocycles. The number of urea groups is 1. The summed E-state index contributed by atoms with van der Waals surface area (Å²) in [6, 6.07) is -0.211. The number of amides is 2. The van der Waals surface area contributed by atoms with Gasteiger partial charge in [-0.05, 0) is 32.6 Å². The maximum absolute atomic E-state index is 12.4. The molecule has 1 saturated carbocycles. The third kappa shape index (κ3) is 2.29. The van der Waals surface area contributed by atoms with E-state index in [2.05, 4.69) is 10.3 Å². The van der Waals surface area contributed by atoms with Crippen LogP contribution in [-0.2, 0) is 4.79 Å². The highest BCUT2D eigenvalue weighted by molar-refractivity contribution is 7.16. The number of carbonyl (C=O) groups is 2. The summed E-state index contributed by atoms with van der Waals surface area (Å²) in [5.41, 5.74) is 0.0777. The summed E-state index contributed by atoms with van der Waals surface area (Å²) in [6.07, 6.45) is 2.52. The molecule has 0 unspecified atom stereocenters. The summed E-state index contributed by atoms with van der Waals surface area (Å²) in [7, 11) is 0. The van der Waals surface area contributed by atoms with E-state index in [0.29, 0.717) is 19.5 Å². The molecule has 1 aromatic rings. The molecule has 0 radical (unpaired) electrons. The number of nitrogens with zero attached hydrogens (tertiary/aromatic N) is 2. The molecule has 2 heterocycles. The Morgan fingerprint density at radius 2 is 2.24 bits per heavy atom. The van der Waals surface area contributed by atoms with E-state index >= 15 is 0 Å². The van der Waals surface area contributed by atoms with Crippen LogP contribution in [0.15, 0.2) is 0 Å².